The van der Waals surface area contributed by atoms with Crippen molar-refractivity contribution in [3.63, 3.8) is 0 Å². The number of piperazine rings is 1. The molecule has 1 unspecified atom stereocenters. The number of halogens is 2. The zero-order valence-corrected chi connectivity index (χ0v) is 22.9. The molecule has 0 aromatic heterocycles. The quantitative estimate of drug-likeness (QED) is 0.397. The van der Waals surface area contributed by atoms with Crippen molar-refractivity contribution in [1.82, 2.24) is 4.90 Å². The average Bonchev–Trinajstić information content (AvgIpc) is 2.84. The van der Waals surface area contributed by atoms with Crippen LogP contribution in [0.1, 0.15) is 43.9 Å². The summed E-state index contributed by atoms with van der Waals surface area (Å²) in [5, 5.41) is 0.725. The molecule has 1 atom stereocenters. The highest BCUT2D eigenvalue weighted by molar-refractivity contribution is 6.30. The summed E-state index contributed by atoms with van der Waals surface area (Å²) in [6, 6.07) is 21.3. The maximum atomic E-state index is 13.9. The van der Waals surface area contributed by atoms with Crippen LogP contribution < -0.4 is 9.80 Å². The first-order valence-electron chi connectivity index (χ1n) is 13.0. The van der Waals surface area contributed by atoms with Crippen LogP contribution in [0.5, 0.6) is 0 Å². The minimum Gasteiger partial charge on any atom is -0.369 e. The third kappa shape index (κ3) is 4.99. The van der Waals surface area contributed by atoms with Gasteiger partial charge in [0, 0.05) is 53.5 Å². The predicted octanol–water partition coefficient (Wildman–Crippen LogP) is 6.43. The molecule has 3 aromatic rings. The van der Waals surface area contributed by atoms with Crippen LogP contribution in [0, 0.1) is 12.7 Å². The smallest absolute Gasteiger partial charge is 0.241 e. The molecule has 6 heteroatoms. The largest absolute Gasteiger partial charge is 0.369 e. The molecule has 0 bridgehead atoms. The number of carbonyl (C=O) groups excluding carboxylic acids is 1. The Morgan fingerprint density at radius 3 is 2.22 bits per heavy atom. The molecule has 37 heavy (non-hydrogen) atoms. The molecular weight excluding hydrogens is 485 g/mol. The van der Waals surface area contributed by atoms with Crippen molar-refractivity contribution >= 4 is 28.9 Å². The van der Waals surface area contributed by atoms with E-state index in [1.165, 1.54) is 23.3 Å². The van der Waals surface area contributed by atoms with Crippen molar-refractivity contribution in [3.8, 4) is 0 Å². The van der Waals surface area contributed by atoms with E-state index >= 15 is 0 Å². The number of rotatable bonds is 4. The summed E-state index contributed by atoms with van der Waals surface area (Å²) in [5.74, 6) is -0.0926. The molecule has 1 fully saturated rings. The van der Waals surface area contributed by atoms with Gasteiger partial charge in [-0.1, -0.05) is 42.8 Å². The third-order valence-corrected chi connectivity index (χ3v) is 8.29. The van der Waals surface area contributed by atoms with Crippen molar-refractivity contribution in [2.24, 2.45) is 0 Å². The van der Waals surface area contributed by atoms with Gasteiger partial charge in [0.15, 0.2) is 0 Å². The van der Waals surface area contributed by atoms with Gasteiger partial charge in [-0.2, -0.15) is 0 Å². The number of hydrogen-bond acceptors (Lipinski definition) is 3. The Morgan fingerprint density at radius 1 is 0.919 bits per heavy atom. The first kappa shape index (κ1) is 25.7. The zero-order valence-electron chi connectivity index (χ0n) is 22.1. The van der Waals surface area contributed by atoms with Gasteiger partial charge in [-0.05, 0) is 86.3 Å². The number of nitrogens with zero attached hydrogens (tertiary/aromatic N) is 3. The molecule has 2 aliphatic rings. The highest BCUT2D eigenvalue weighted by Gasteiger charge is 2.47. The number of fused-ring (bicyclic) bond motifs is 1. The van der Waals surface area contributed by atoms with Crippen LogP contribution in [0.25, 0.3) is 0 Å². The van der Waals surface area contributed by atoms with Gasteiger partial charge in [0.05, 0.1) is 6.54 Å². The molecule has 2 heterocycles. The van der Waals surface area contributed by atoms with Crippen LogP contribution in [0.15, 0.2) is 66.7 Å². The van der Waals surface area contributed by atoms with Gasteiger partial charge in [-0.15, -0.1) is 0 Å². The fourth-order valence-corrected chi connectivity index (χ4v) is 6.41. The van der Waals surface area contributed by atoms with E-state index in [-0.39, 0.29) is 22.7 Å². The highest BCUT2D eigenvalue weighted by atomic mass is 35.5. The van der Waals surface area contributed by atoms with E-state index in [0.29, 0.717) is 6.54 Å². The van der Waals surface area contributed by atoms with Crippen molar-refractivity contribution in [2.45, 2.75) is 45.1 Å². The molecule has 3 aromatic carbocycles. The van der Waals surface area contributed by atoms with E-state index < -0.39 is 0 Å². The molecule has 4 nitrogen and oxygen atoms in total. The first-order chi connectivity index (χ1) is 17.6. The number of benzene rings is 3. The average molecular weight is 520 g/mol. The lowest BCUT2D eigenvalue weighted by atomic mass is 9.65. The monoisotopic (exact) mass is 519 g/mol. The van der Waals surface area contributed by atoms with Crippen LogP contribution >= 0.6 is 11.6 Å². The van der Waals surface area contributed by atoms with Gasteiger partial charge in [-0.25, -0.2) is 4.39 Å². The predicted molar refractivity (Wildman–Crippen MR) is 150 cm³/mol. The molecule has 1 amide bonds. The van der Waals surface area contributed by atoms with Crippen molar-refractivity contribution < 1.29 is 9.18 Å². The SMILES string of the molecule is Cc1ccc2c(c1)N(C(=O)CN1CCN(c3ccc(F)cc3)CC1)C(C)(C)CC2(C)c1ccc(Cl)cc1. The summed E-state index contributed by atoms with van der Waals surface area (Å²) in [6.07, 6.45) is 0.807. The van der Waals surface area contributed by atoms with Gasteiger partial charge in [0.2, 0.25) is 5.91 Å². The summed E-state index contributed by atoms with van der Waals surface area (Å²) >= 11 is 6.20. The first-order valence-corrected chi connectivity index (χ1v) is 13.4. The van der Waals surface area contributed by atoms with E-state index in [2.05, 4.69) is 67.8 Å². The van der Waals surface area contributed by atoms with Gasteiger partial charge >= 0.3 is 0 Å². The van der Waals surface area contributed by atoms with E-state index in [0.717, 1.165) is 54.6 Å². The Balaban J connectivity index is 1.38. The normalized spacial score (nSPS) is 21.6. The van der Waals surface area contributed by atoms with E-state index in [1.54, 1.807) is 0 Å². The van der Waals surface area contributed by atoms with Crippen LogP contribution in [-0.2, 0) is 10.2 Å². The highest BCUT2D eigenvalue weighted by Crippen LogP contribution is 2.50. The number of carbonyl (C=O) groups is 1. The second-order valence-electron chi connectivity index (χ2n) is 11.3. The Morgan fingerprint density at radius 2 is 1.57 bits per heavy atom. The second-order valence-corrected chi connectivity index (χ2v) is 11.8. The lowest BCUT2D eigenvalue weighted by Crippen LogP contribution is -2.59. The summed E-state index contributed by atoms with van der Waals surface area (Å²) in [7, 11) is 0. The standard InChI is InChI=1S/C31H35ClFN3O/c1-22-5-14-27-28(19-22)36(30(2,3)21-31(27,4)23-6-8-24(32)9-7-23)29(37)20-34-15-17-35(18-16-34)26-12-10-25(33)11-13-26/h5-14,19H,15-18,20-21H2,1-4H3. The minimum absolute atomic E-state index is 0.130. The lowest BCUT2D eigenvalue weighted by molar-refractivity contribution is -0.121. The maximum Gasteiger partial charge on any atom is 0.241 e. The van der Waals surface area contributed by atoms with Crippen molar-refractivity contribution in [2.75, 3.05) is 42.5 Å². The number of amides is 1. The van der Waals surface area contributed by atoms with Crippen LogP contribution in [0.3, 0.4) is 0 Å². The molecule has 194 valence electrons. The zero-order chi connectivity index (χ0) is 26.4. The molecule has 0 N–H and O–H groups in total. The summed E-state index contributed by atoms with van der Waals surface area (Å²) in [4.78, 5) is 20.5. The fourth-order valence-electron chi connectivity index (χ4n) is 6.28. The maximum absolute atomic E-state index is 13.9. The summed E-state index contributed by atoms with van der Waals surface area (Å²) in [6.45, 7) is 12.3. The molecule has 2 aliphatic heterocycles. The van der Waals surface area contributed by atoms with Gasteiger partial charge in [0.1, 0.15) is 5.82 Å². The van der Waals surface area contributed by atoms with Crippen LogP contribution in [0.2, 0.25) is 5.02 Å². The topological polar surface area (TPSA) is 26.8 Å². The molecule has 0 radical (unpaired) electrons. The molecule has 0 spiro atoms. The van der Waals surface area contributed by atoms with Crippen molar-refractivity contribution in [1.29, 1.82) is 0 Å². The van der Waals surface area contributed by atoms with Gasteiger partial charge < -0.3 is 9.80 Å². The molecule has 0 saturated carbocycles. The second kappa shape index (κ2) is 9.77. The molecule has 1 saturated heterocycles. The van der Waals surface area contributed by atoms with Gasteiger partial charge in [-0.3, -0.25) is 9.69 Å². The van der Waals surface area contributed by atoms with E-state index in [9.17, 15) is 9.18 Å². The third-order valence-electron chi connectivity index (χ3n) is 8.03. The van der Waals surface area contributed by atoms with E-state index in [1.807, 2.05) is 29.2 Å². The Bertz CT molecular complexity index is 1280. The summed E-state index contributed by atoms with van der Waals surface area (Å²) in [5.41, 5.74) is 4.93. The van der Waals surface area contributed by atoms with Gasteiger partial charge in [0.25, 0.3) is 0 Å². The molecular formula is C31H35ClFN3O. The van der Waals surface area contributed by atoms with Crippen LogP contribution in [-0.4, -0.2) is 49.1 Å². The fraction of sp³-hybridized carbons (Fsp3) is 0.387. The Hall–Kier alpha value is -2.89. The number of anilines is 2. The lowest BCUT2D eigenvalue weighted by Gasteiger charge is -2.52. The molecule has 0 aliphatic carbocycles. The van der Waals surface area contributed by atoms with Crippen molar-refractivity contribution in [3.05, 3.63) is 94.3 Å². The number of aryl methyl sites for hydroxylation is 1. The van der Waals surface area contributed by atoms with Crippen LogP contribution in [0.4, 0.5) is 15.8 Å². The summed E-state index contributed by atoms with van der Waals surface area (Å²) < 4.78 is 13.3. The Labute approximate surface area is 224 Å². The number of hydrogen-bond donors (Lipinski definition) is 0. The van der Waals surface area contributed by atoms with E-state index in [4.69, 9.17) is 11.6 Å². The molecule has 5 rings (SSSR count). The minimum atomic E-state index is -0.373. The Kier molecular flexibility index (Phi) is 6.80.